The second-order valence-corrected chi connectivity index (χ2v) is 4.90. The first-order valence-corrected chi connectivity index (χ1v) is 7.08. The van der Waals surface area contributed by atoms with Crippen molar-refractivity contribution in [2.75, 3.05) is 33.5 Å². The lowest BCUT2D eigenvalue weighted by Gasteiger charge is -2.36. The number of aromatic nitrogens is 1. The molecular formula is C15H22N2O3. The molecule has 0 bridgehead atoms. The average Bonchev–Trinajstić information content (AvgIpc) is 2.52. The minimum atomic E-state index is 0.0775. The second-order valence-electron chi connectivity index (χ2n) is 4.90. The van der Waals surface area contributed by atoms with E-state index in [1.165, 1.54) is 0 Å². The van der Waals surface area contributed by atoms with Gasteiger partial charge >= 0.3 is 0 Å². The molecule has 20 heavy (non-hydrogen) atoms. The average molecular weight is 278 g/mol. The minimum absolute atomic E-state index is 0.0775. The van der Waals surface area contributed by atoms with Gasteiger partial charge in [-0.2, -0.15) is 0 Å². The van der Waals surface area contributed by atoms with Crippen LogP contribution in [0.3, 0.4) is 0 Å². The number of carbonyl (C=O) groups excluding carboxylic acids is 1. The minimum Gasteiger partial charge on any atom is -0.385 e. The first-order valence-electron chi connectivity index (χ1n) is 7.08. The lowest BCUT2D eigenvalue weighted by molar-refractivity contribution is -0.0104. The highest BCUT2D eigenvalue weighted by molar-refractivity contribution is 5.95. The van der Waals surface area contributed by atoms with Crippen LogP contribution < -0.4 is 0 Å². The standard InChI is InChI=1S/C15H22N2O3/c1-3-12-10-16-6-4-14(12)15(18)17-7-9-20-11-13(17)5-8-19-2/h4,6,10,13H,3,5,7-9,11H2,1-2H3. The first kappa shape index (κ1) is 14.9. The maximum absolute atomic E-state index is 12.8. The van der Waals surface area contributed by atoms with E-state index in [9.17, 15) is 4.79 Å². The van der Waals surface area contributed by atoms with Gasteiger partial charge in [0.25, 0.3) is 5.91 Å². The Balaban J connectivity index is 2.16. The fourth-order valence-electron chi connectivity index (χ4n) is 2.49. The molecule has 1 saturated heterocycles. The van der Waals surface area contributed by atoms with Gasteiger partial charge < -0.3 is 14.4 Å². The van der Waals surface area contributed by atoms with Crippen LogP contribution in [0, 0.1) is 0 Å². The number of hydrogen-bond donors (Lipinski definition) is 0. The highest BCUT2D eigenvalue weighted by Crippen LogP contribution is 2.17. The van der Waals surface area contributed by atoms with Gasteiger partial charge in [0.05, 0.1) is 19.3 Å². The van der Waals surface area contributed by atoms with Crippen LogP contribution in [0.15, 0.2) is 18.5 Å². The van der Waals surface area contributed by atoms with E-state index < -0.39 is 0 Å². The number of nitrogens with zero attached hydrogens (tertiary/aromatic N) is 2. The number of methoxy groups -OCH3 is 1. The molecule has 0 aromatic carbocycles. The molecule has 0 saturated carbocycles. The van der Waals surface area contributed by atoms with Crippen molar-refractivity contribution in [1.29, 1.82) is 0 Å². The number of ether oxygens (including phenoxy) is 2. The monoisotopic (exact) mass is 278 g/mol. The number of amides is 1. The molecule has 0 spiro atoms. The van der Waals surface area contributed by atoms with E-state index in [0.717, 1.165) is 24.0 Å². The Morgan fingerprint density at radius 1 is 1.60 bits per heavy atom. The smallest absolute Gasteiger partial charge is 0.254 e. The molecule has 0 aliphatic carbocycles. The predicted octanol–water partition coefficient (Wildman–Crippen LogP) is 1.52. The molecule has 1 aromatic heterocycles. The Kier molecular flexibility index (Phi) is 5.49. The van der Waals surface area contributed by atoms with Crippen LogP contribution in [0.2, 0.25) is 0 Å². The quantitative estimate of drug-likeness (QED) is 0.819. The van der Waals surface area contributed by atoms with Crippen LogP contribution in [0.1, 0.15) is 29.3 Å². The molecule has 1 aliphatic heterocycles. The van der Waals surface area contributed by atoms with Gasteiger partial charge in [-0.25, -0.2) is 0 Å². The van der Waals surface area contributed by atoms with Gasteiger partial charge in [0.15, 0.2) is 0 Å². The normalized spacial score (nSPS) is 19.1. The van der Waals surface area contributed by atoms with Crippen molar-refractivity contribution in [3.8, 4) is 0 Å². The first-order chi connectivity index (χ1) is 9.77. The van der Waals surface area contributed by atoms with Gasteiger partial charge in [0.1, 0.15) is 0 Å². The molecule has 1 aromatic rings. The molecule has 5 heteroatoms. The Morgan fingerprint density at radius 3 is 3.20 bits per heavy atom. The van der Waals surface area contributed by atoms with Crippen molar-refractivity contribution >= 4 is 5.91 Å². The number of rotatable bonds is 5. The molecule has 1 unspecified atom stereocenters. The summed E-state index contributed by atoms with van der Waals surface area (Å²) in [5.41, 5.74) is 1.75. The zero-order valence-electron chi connectivity index (χ0n) is 12.2. The number of hydrogen-bond acceptors (Lipinski definition) is 4. The third kappa shape index (κ3) is 3.35. The van der Waals surface area contributed by atoms with Crippen molar-refractivity contribution in [2.45, 2.75) is 25.8 Å². The van der Waals surface area contributed by atoms with Crippen molar-refractivity contribution < 1.29 is 14.3 Å². The molecule has 2 rings (SSSR count). The second kappa shape index (κ2) is 7.36. The van der Waals surface area contributed by atoms with Crippen molar-refractivity contribution in [2.24, 2.45) is 0 Å². The van der Waals surface area contributed by atoms with E-state index in [1.54, 1.807) is 19.5 Å². The number of morpholine rings is 1. The maximum Gasteiger partial charge on any atom is 0.254 e. The van der Waals surface area contributed by atoms with E-state index in [-0.39, 0.29) is 11.9 Å². The Hall–Kier alpha value is -1.46. The number of pyridine rings is 1. The van der Waals surface area contributed by atoms with Gasteiger partial charge in [-0.05, 0) is 24.5 Å². The van der Waals surface area contributed by atoms with E-state index in [0.29, 0.717) is 26.4 Å². The zero-order chi connectivity index (χ0) is 14.4. The summed E-state index contributed by atoms with van der Waals surface area (Å²) in [6, 6.07) is 1.90. The van der Waals surface area contributed by atoms with Crippen LogP contribution >= 0.6 is 0 Å². The van der Waals surface area contributed by atoms with Gasteiger partial charge in [-0.15, -0.1) is 0 Å². The van der Waals surface area contributed by atoms with Gasteiger partial charge in [0, 0.05) is 38.2 Å². The van der Waals surface area contributed by atoms with Crippen molar-refractivity contribution in [3.63, 3.8) is 0 Å². The Labute approximate surface area is 119 Å². The molecule has 1 atom stereocenters. The van der Waals surface area contributed by atoms with E-state index in [1.807, 2.05) is 17.9 Å². The van der Waals surface area contributed by atoms with Crippen molar-refractivity contribution in [1.82, 2.24) is 9.88 Å². The molecule has 1 fully saturated rings. The lowest BCUT2D eigenvalue weighted by Crippen LogP contribution is -2.49. The van der Waals surface area contributed by atoms with Crippen molar-refractivity contribution in [3.05, 3.63) is 29.6 Å². The molecule has 2 heterocycles. The number of carbonyl (C=O) groups is 1. The van der Waals surface area contributed by atoms with Crippen LogP contribution in [0.4, 0.5) is 0 Å². The summed E-state index contributed by atoms with van der Waals surface area (Å²) in [6.45, 7) is 4.49. The summed E-state index contributed by atoms with van der Waals surface area (Å²) >= 11 is 0. The highest BCUT2D eigenvalue weighted by atomic mass is 16.5. The Morgan fingerprint density at radius 2 is 2.45 bits per heavy atom. The predicted molar refractivity (Wildman–Crippen MR) is 75.8 cm³/mol. The molecule has 5 nitrogen and oxygen atoms in total. The molecule has 1 amide bonds. The summed E-state index contributed by atoms with van der Waals surface area (Å²) < 4.78 is 10.6. The van der Waals surface area contributed by atoms with E-state index in [4.69, 9.17) is 9.47 Å². The number of aryl methyl sites for hydroxylation is 1. The van der Waals surface area contributed by atoms with E-state index >= 15 is 0 Å². The fourth-order valence-corrected chi connectivity index (χ4v) is 2.49. The molecule has 1 aliphatic rings. The zero-order valence-corrected chi connectivity index (χ0v) is 12.2. The summed E-state index contributed by atoms with van der Waals surface area (Å²) in [4.78, 5) is 18.8. The summed E-state index contributed by atoms with van der Waals surface area (Å²) in [7, 11) is 1.67. The Bertz CT molecular complexity index is 450. The maximum atomic E-state index is 12.8. The van der Waals surface area contributed by atoms with Crippen LogP contribution in [-0.2, 0) is 15.9 Å². The van der Waals surface area contributed by atoms with Gasteiger partial charge in [-0.1, -0.05) is 6.92 Å². The summed E-state index contributed by atoms with van der Waals surface area (Å²) in [6.07, 6.45) is 5.06. The van der Waals surface area contributed by atoms with Gasteiger partial charge in [0.2, 0.25) is 0 Å². The molecular weight excluding hydrogens is 256 g/mol. The molecule has 0 N–H and O–H groups in total. The lowest BCUT2D eigenvalue weighted by atomic mass is 10.0. The van der Waals surface area contributed by atoms with Crippen LogP contribution in [-0.4, -0.2) is 55.3 Å². The SMILES string of the molecule is CCc1cnccc1C(=O)N1CCOCC1CCOC. The summed E-state index contributed by atoms with van der Waals surface area (Å²) in [5, 5.41) is 0. The molecule has 110 valence electrons. The summed E-state index contributed by atoms with van der Waals surface area (Å²) in [5.74, 6) is 0.0775. The van der Waals surface area contributed by atoms with E-state index in [2.05, 4.69) is 4.98 Å². The van der Waals surface area contributed by atoms with Crippen LogP contribution in [0.5, 0.6) is 0 Å². The third-order valence-corrected chi connectivity index (χ3v) is 3.66. The largest absolute Gasteiger partial charge is 0.385 e. The highest BCUT2D eigenvalue weighted by Gasteiger charge is 2.28. The molecule has 0 radical (unpaired) electrons. The van der Waals surface area contributed by atoms with Gasteiger partial charge in [-0.3, -0.25) is 9.78 Å². The topological polar surface area (TPSA) is 51.7 Å². The fraction of sp³-hybridized carbons (Fsp3) is 0.600. The van der Waals surface area contributed by atoms with Crippen LogP contribution in [0.25, 0.3) is 0 Å². The third-order valence-electron chi connectivity index (χ3n) is 3.66.